The molecule has 1 atom stereocenters. The summed E-state index contributed by atoms with van der Waals surface area (Å²) < 4.78 is 43.4. The Labute approximate surface area is 257 Å². The number of hydrogen-bond acceptors (Lipinski definition) is 9. The van der Waals surface area contributed by atoms with E-state index < -0.39 is 12.0 Å². The number of carbonyl (C=O) groups excluding carboxylic acids is 1. The van der Waals surface area contributed by atoms with Crippen molar-refractivity contribution in [3.05, 3.63) is 115 Å². The second-order valence-corrected chi connectivity index (χ2v) is 10.6. The van der Waals surface area contributed by atoms with Gasteiger partial charge in [0, 0.05) is 6.20 Å². The number of aromatic nitrogens is 1. The fourth-order valence-electron chi connectivity index (χ4n) is 4.82. The molecule has 0 bridgehead atoms. The van der Waals surface area contributed by atoms with Crippen molar-refractivity contribution in [3.63, 3.8) is 0 Å². The van der Waals surface area contributed by atoms with Crippen LogP contribution in [-0.4, -0.2) is 38.0 Å². The van der Waals surface area contributed by atoms with E-state index in [-0.39, 0.29) is 23.6 Å². The number of benzene rings is 3. The Bertz CT molecular complexity index is 1900. The summed E-state index contributed by atoms with van der Waals surface area (Å²) in [7, 11) is 2.80. The summed E-state index contributed by atoms with van der Waals surface area (Å²) in [5.41, 5.74) is 1.88. The van der Waals surface area contributed by atoms with Crippen LogP contribution in [0.3, 0.4) is 0 Å². The van der Waals surface area contributed by atoms with Crippen molar-refractivity contribution in [2.75, 3.05) is 27.4 Å². The van der Waals surface area contributed by atoms with Crippen LogP contribution in [0.25, 0.3) is 6.08 Å². The Hall–Kier alpha value is -4.90. The zero-order chi connectivity index (χ0) is 31.2. The Balaban J connectivity index is 1.53. The Morgan fingerprint density at radius 1 is 0.955 bits per heavy atom. The molecule has 2 heterocycles. The van der Waals surface area contributed by atoms with Gasteiger partial charge in [-0.25, -0.2) is 14.2 Å². The average Bonchev–Trinajstić information content (AvgIpc) is 3.35. The van der Waals surface area contributed by atoms with Crippen molar-refractivity contribution in [3.8, 4) is 23.0 Å². The monoisotopic (exact) mass is 618 g/mol. The summed E-state index contributed by atoms with van der Waals surface area (Å²) >= 11 is 1.20. The van der Waals surface area contributed by atoms with Crippen LogP contribution in [-0.2, 0) is 16.1 Å². The molecule has 0 saturated heterocycles. The molecule has 0 aliphatic carbocycles. The van der Waals surface area contributed by atoms with E-state index in [0.29, 0.717) is 62.2 Å². The van der Waals surface area contributed by atoms with Gasteiger partial charge in [0.05, 0.1) is 43.6 Å². The van der Waals surface area contributed by atoms with E-state index >= 15 is 0 Å². The van der Waals surface area contributed by atoms with Gasteiger partial charge in [0.1, 0.15) is 12.4 Å². The number of esters is 1. The number of hydrogen-bond donors (Lipinski definition) is 0. The molecule has 228 valence electrons. The summed E-state index contributed by atoms with van der Waals surface area (Å²) in [4.78, 5) is 31.6. The Morgan fingerprint density at radius 2 is 1.70 bits per heavy atom. The van der Waals surface area contributed by atoms with Crippen LogP contribution in [0.1, 0.15) is 36.6 Å². The van der Waals surface area contributed by atoms with E-state index in [1.54, 1.807) is 54.6 Å². The molecule has 1 aliphatic heterocycles. The first kappa shape index (κ1) is 30.6. The van der Waals surface area contributed by atoms with Crippen LogP contribution in [0.15, 0.2) is 82.2 Å². The maximum absolute atomic E-state index is 13.9. The summed E-state index contributed by atoms with van der Waals surface area (Å²) in [6, 6.07) is 16.0. The Kier molecular flexibility index (Phi) is 9.44. The highest BCUT2D eigenvalue weighted by Crippen LogP contribution is 2.35. The van der Waals surface area contributed by atoms with Gasteiger partial charge in [-0.2, -0.15) is 0 Å². The molecule has 5 rings (SSSR count). The number of nitrogens with zero attached hydrogens (tertiary/aromatic N) is 2. The number of methoxy groups -OCH3 is 2. The fourth-order valence-corrected chi connectivity index (χ4v) is 5.79. The minimum absolute atomic E-state index is 0.158. The van der Waals surface area contributed by atoms with Crippen LogP contribution < -0.4 is 33.8 Å². The van der Waals surface area contributed by atoms with Gasteiger partial charge in [0.25, 0.3) is 5.56 Å². The number of rotatable bonds is 11. The molecule has 0 N–H and O–H groups in total. The van der Waals surface area contributed by atoms with Crippen molar-refractivity contribution in [2.24, 2.45) is 4.99 Å². The second kappa shape index (κ2) is 13.6. The molecular formula is C33H31FN2O7S. The molecule has 0 fully saturated rings. The van der Waals surface area contributed by atoms with Crippen molar-refractivity contribution in [1.29, 1.82) is 0 Å². The molecule has 9 nitrogen and oxygen atoms in total. The first-order valence-electron chi connectivity index (χ1n) is 13.9. The van der Waals surface area contributed by atoms with Gasteiger partial charge in [0.15, 0.2) is 27.8 Å². The molecular weight excluding hydrogens is 587 g/mol. The maximum atomic E-state index is 13.9. The summed E-state index contributed by atoms with van der Waals surface area (Å²) in [5.74, 6) is 1.05. The van der Waals surface area contributed by atoms with E-state index in [4.69, 9.17) is 23.7 Å². The van der Waals surface area contributed by atoms with Crippen molar-refractivity contribution in [1.82, 2.24) is 4.57 Å². The molecule has 0 unspecified atom stereocenters. The van der Waals surface area contributed by atoms with E-state index in [1.165, 1.54) is 48.5 Å². The highest BCUT2D eigenvalue weighted by atomic mass is 32.1. The van der Waals surface area contributed by atoms with Crippen LogP contribution in [0.5, 0.6) is 23.0 Å². The molecule has 44 heavy (non-hydrogen) atoms. The smallest absolute Gasteiger partial charge is 0.337 e. The van der Waals surface area contributed by atoms with Gasteiger partial charge in [-0.3, -0.25) is 9.36 Å². The first-order valence-corrected chi connectivity index (χ1v) is 14.7. The van der Waals surface area contributed by atoms with Gasteiger partial charge in [-0.15, -0.1) is 0 Å². The normalized spacial score (nSPS) is 14.2. The molecule has 0 radical (unpaired) electrons. The Morgan fingerprint density at radius 3 is 2.43 bits per heavy atom. The first-order chi connectivity index (χ1) is 21.4. The lowest BCUT2D eigenvalue weighted by atomic mass is 9.97. The van der Waals surface area contributed by atoms with E-state index in [0.717, 1.165) is 0 Å². The fraction of sp³-hybridized carbons (Fsp3) is 0.242. The van der Waals surface area contributed by atoms with E-state index in [9.17, 15) is 14.0 Å². The van der Waals surface area contributed by atoms with Crippen molar-refractivity contribution >= 4 is 23.4 Å². The highest BCUT2D eigenvalue weighted by molar-refractivity contribution is 7.07. The maximum Gasteiger partial charge on any atom is 0.337 e. The molecule has 0 spiro atoms. The minimum Gasteiger partial charge on any atom is -0.493 e. The van der Waals surface area contributed by atoms with Gasteiger partial charge in [-0.05, 0) is 73.0 Å². The number of ether oxygens (including phenoxy) is 5. The average molecular weight is 619 g/mol. The third-order valence-corrected chi connectivity index (χ3v) is 7.77. The number of thiazole rings is 1. The van der Waals surface area contributed by atoms with E-state index in [2.05, 4.69) is 4.99 Å². The molecule has 0 amide bonds. The molecule has 4 aromatic rings. The highest BCUT2D eigenvalue weighted by Gasteiger charge is 2.31. The zero-order valence-electron chi connectivity index (χ0n) is 24.7. The summed E-state index contributed by atoms with van der Waals surface area (Å²) in [5, 5.41) is 0. The number of carbonyl (C=O) groups is 1. The van der Waals surface area contributed by atoms with Crippen LogP contribution >= 0.6 is 11.3 Å². The van der Waals surface area contributed by atoms with Crippen LogP contribution in [0.2, 0.25) is 0 Å². The molecule has 1 aromatic heterocycles. The van der Waals surface area contributed by atoms with Gasteiger partial charge < -0.3 is 23.7 Å². The standard InChI is InChI=1S/C33H31FN2O7S/c1-5-41-26-13-11-22(17-28(26)42-6-2)30-24(32(38)40-4)18-35-33-36(30)31(37)29(44-33)16-20-10-12-25(27(15-20)39-3)43-19-21-8-7-9-23(34)14-21/h7-18,30H,5-6,19H2,1-4H3/b29-16-/t30-/m1/s1. The van der Waals surface area contributed by atoms with Crippen molar-refractivity contribution in [2.45, 2.75) is 26.5 Å². The molecule has 11 heteroatoms. The molecule has 1 aliphatic rings. The predicted octanol–water partition coefficient (Wildman–Crippen LogP) is 4.54. The molecule has 3 aromatic carbocycles. The third kappa shape index (κ3) is 6.37. The summed E-state index contributed by atoms with van der Waals surface area (Å²) in [6.45, 7) is 4.76. The SMILES string of the molecule is CCOc1ccc([C@@H]2C(C(=O)OC)=CN=c3s/c(=C\c4ccc(OCc5cccc(F)c5)c(OC)c4)c(=O)n32)cc1OCC. The lowest BCUT2D eigenvalue weighted by molar-refractivity contribution is -0.136. The minimum atomic E-state index is -0.802. The topological polar surface area (TPSA) is 97.6 Å². The number of fused-ring (bicyclic) bond motifs is 1. The largest absolute Gasteiger partial charge is 0.493 e. The lowest BCUT2D eigenvalue weighted by Crippen LogP contribution is -2.39. The second-order valence-electron chi connectivity index (χ2n) is 9.58. The van der Waals surface area contributed by atoms with Gasteiger partial charge in [-0.1, -0.05) is 35.6 Å². The lowest BCUT2D eigenvalue weighted by Gasteiger charge is -2.23. The van der Waals surface area contributed by atoms with Crippen molar-refractivity contribution < 1.29 is 32.9 Å². The predicted molar refractivity (Wildman–Crippen MR) is 164 cm³/mol. The quantitative estimate of drug-likeness (QED) is 0.228. The van der Waals surface area contributed by atoms with Gasteiger partial charge in [0.2, 0.25) is 0 Å². The van der Waals surface area contributed by atoms with Crippen LogP contribution in [0.4, 0.5) is 4.39 Å². The van der Waals surface area contributed by atoms with Crippen LogP contribution in [0, 0.1) is 5.82 Å². The summed E-state index contributed by atoms with van der Waals surface area (Å²) in [6.07, 6.45) is 3.17. The number of halogens is 1. The van der Waals surface area contributed by atoms with Gasteiger partial charge >= 0.3 is 5.97 Å². The third-order valence-electron chi connectivity index (χ3n) is 6.78. The molecule has 0 saturated carbocycles. The zero-order valence-corrected chi connectivity index (χ0v) is 25.5. The van der Waals surface area contributed by atoms with E-state index in [1.807, 2.05) is 13.8 Å².